The Bertz CT molecular complexity index is 1220. The maximum Gasteiger partial charge on any atom is 0.320 e. The highest BCUT2D eigenvalue weighted by Crippen LogP contribution is 2.47. The monoisotopic (exact) mass is 719 g/mol. The zero-order valence-electron chi connectivity index (χ0n) is 25.2. The zero-order valence-corrected chi connectivity index (χ0v) is 27.9. The molecule has 2 rings (SSSR count). The summed E-state index contributed by atoms with van der Waals surface area (Å²) in [6.45, 7) is 5.21. The molecule has 1 N–H and O–H groups in total. The van der Waals surface area contributed by atoms with E-state index in [1.165, 1.54) is 25.1 Å². The standard InChI is InChI=1S/C24H38O17P2.HO2P/c1-6-18(26)36-12-16-7-8-17(14(3)9-16)39-43(32,33)41-23-20(34-5)19(27)21(38-28)24(40-42(29,30)31)22(23)37-11-13(2)10-35-15(4)25;1-3-2/h7-9,13,19-24,27-28H,6,10-12H2,1-5H3,(H,32,33)(H2,29,30,31);(H,1,2)/p-5/t13?,19-,20+,21+,22-,23+,24-;/m0./s1. The number of benzene rings is 1. The second kappa shape index (κ2) is 19.8. The van der Waals surface area contributed by atoms with Gasteiger partial charge in [0, 0.05) is 26.4 Å². The van der Waals surface area contributed by atoms with Crippen molar-refractivity contribution in [2.45, 2.75) is 77.3 Å². The van der Waals surface area contributed by atoms with Crippen molar-refractivity contribution in [3.63, 3.8) is 0 Å². The van der Waals surface area contributed by atoms with Crippen LogP contribution in [0.5, 0.6) is 5.75 Å². The lowest BCUT2D eigenvalue weighted by molar-refractivity contribution is -0.710. The Hall–Kier alpha value is -1.92. The minimum absolute atomic E-state index is 0.0721. The van der Waals surface area contributed by atoms with E-state index in [-0.39, 0.29) is 32.0 Å². The van der Waals surface area contributed by atoms with Crippen molar-refractivity contribution in [1.29, 1.82) is 0 Å². The van der Waals surface area contributed by atoms with E-state index in [2.05, 4.69) is 9.41 Å². The number of carbonyl (C=O) groups excluding carboxylic acids is 2. The number of esters is 2. The Morgan fingerprint density at radius 1 is 1.02 bits per heavy atom. The Morgan fingerprint density at radius 3 is 2.13 bits per heavy atom. The summed E-state index contributed by atoms with van der Waals surface area (Å²) in [6, 6.07) is 4.20. The molecule has 8 atom stereocenters. The van der Waals surface area contributed by atoms with Crippen molar-refractivity contribution >= 4 is 36.3 Å². The summed E-state index contributed by atoms with van der Waals surface area (Å²) >= 11 is 0. The minimum atomic E-state index is -5.89. The van der Waals surface area contributed by atoms with Crippen LogP contribution in [0.2, 0.25) is 0 Å². The summed E-state index contributed by atoms with van der Waals surface area (Å²) in [4.78, 5) is 71.0. The van der Waals surface area contributed by atoms with E-state index in [1.807, 2.05) is 0 Å². The van der Waals surface area contributed by atoms with E-state index in [0.717, 1.165) is 14.0 Å². The highest BCUT2D eigenvalue weighted by Gasteiger charge is 2.54. The van der Waals surface area contributed by atoms with Gasteiger partial charge in [-0.05, 0) is 30.2 Å². The van der Waals surface area contributed by atoms with Crippen LogP contribution in [0, 0.1) is 12.8 Å². The van der Waals surface area contributed by atoms with Crippen molar-refractivity contribution in [2.75, 3.05) is 20.3 Å². The summed E-state index contributed by atoms with van der Waals surface area (Å²) in [5, 5.41) is 22.2. The maximum absolute atomic E-state index is 13.1. The number of rotatable bonds is 16. The zero-order chi connectivity index (χ0) is 35.2. The highest BCUT2D eigenvalue weighted by atomic mass is 31.2. The average Bonchev–Trinajstić information content (AvgIpc) is 2.95. The summed E-state index contributed by atoms with van der Waals surface area (Å²) in [5.41, 5.74) is 0.825. The normalized spacial score (nSPS) is 25.0. The molecular weight excluding hydrogens is 685 g/mol. The number of ether oxygens (including phenoxy) is 4. The lowest BCUT2D eigenvalue weighted by Crippen LogP contribution is -2.67. The molecule has 1 aliphatic carbocycles. The van der Waals surface area contributed by atoms with Crippen LogP contribution in [0.1, 0.15) is 38.3 Å². The van der Waals surface area contributed by atoms with Crippen LogP contribution in [-0.2, 0) is 62.8 Å². The predicted molar refractivity (Wildman–Crippen MR) is 142 cm³/mol. The van der Waals surface area contributed by atoms with Gasteiger partial charge in [0.1, 0.15) is 49.0 Å². The van der Waals surface area contributed by atoms with Crippen LogP contribution >= 0.6 is 24.3 Å². The quantitative estimate of drug-likeness (QED) is 0.0843. The van der Waals surface area contributed by atoms with Gasteiger partial charge in [0.2, 0.25) is 0 Å². The molecule has 0 aromatic heterocycles. The smallest absolute Gasteiger partial charge is 0.320 e. The van der Waals surface area contributed by atoms with Crippen molar-refractivity contribution < 1.29 is 90.6 Å². The van der Waals surface area contributed by atoms with Crippen molar-refractivity contribution in [1.82, 2.24) is 0 Å². The van der Waals surface area contributed by atoms with E-state index in [4.69, 9.17) is 37.5 Å². The van der Waals surface area contributed by atoms with E-state index in [9.17, 15) is 43.8 Å². The molecule has 0 radical (unpaired) electrons. The molecule has 46 heavy (non-hydrogen) atoms. The number of phosphoric ester groups is 2. The summed E-state index contributed by atoms with van der Waals surface area (Å²) in [6.07, 6.45) is -11.8. The van der Waals surface area contributed by atoms with Gasteiger partial charge in [-0.15, -0.1) is 0 Å². The third-order valence-electron chi connectivity index (χ3n) is 6.14. The second-order valence-corrected chi connectivity index (χ2v) is 12.3. The van der Waals surface area contributed by atoms with E-state index < -0.39 is 78.8 Å². The molecule has 264 valence electrons. The van der Waals surface area contributed by atoms with Gasteiger partial charge in [-0.3, -0.25) is 18.7 Å². The lowest BCUT2D eigenvalue weighted by Gasteiger charge is -2.51. The van der Waals surface area contributed by atoms with Crippen LogP contribution in [0.3, 0.4) is 0 Å². The highest BCUT2D eigenvalue weighted by molar-refractivity contribution is 7.46. The van der Waals surface area contributed by atoms with Crippen LogP contribution < -0.4 is 29.4 Å². The number of aliphatic hydroxyl groups is 1. The first-order chi connectivity index (χ1) is 21.4. The molecule has 1 fully saturated rings. The Labute approximate surface area is 265 Å². The average molecular weight is 719 g/mol. The van der Waals surface area contributed by atoms with Gasteiger partial charge < -0.3 is 71.9 Å². The third kappa shape index (κ3) is 14.1. The van der Waals surface area contributed by atoms with Gasteiger partial charge >= 0.3 is 19.8 Å². The molecular formula is C24H34O19P3-5. The first-order valence-electron chi connectivity index (χ1n) is 13.3. The Morgan fingerprint density at radius 2 is 1.63 bits per heavy atom. The fourth-order valence-electron chi connectivity index (χ4n) is 4.14. The molecule has 1 aromatic carbocycles. The van der Waals surface area contributed by atoms with Gasteiger partial charge in [-0.1, -0.05) is 19.9 Å². The molecule has 1 aromatic rings. The van der Waals surface area contributed by atoms with Gasteiger partial charge in [0.15, 0.2) is 0 Å². The molecule has 0 amide bonds. The Kier molecular flexibility index (Phi) is 18.1. The first kappa shape index (κ1) is 42.1. The number of hydrogen-bond donors (Lipinski definition) is 1. The third-order valence-corrected chi connectivity index (χ3v) is 7.56. The molecule has 0 spiro atoms. The molecule has 19 nitrogen and oxygen atoms in total. The van der Waals surface area contributed by atoms with Gasteiger partial charge in [-0.25, -0.2) is 0 Å². The lowest BCUT2D eigenvalue weighted by atomic mass is 9.84. The van der Waals surface area contributed by atoms with Crippen LogP contribution in [-0.4, -0.2) is 74.0 Å². The van der Waals surface area contributed by atoms with E-state index >= 15 is 0 Å². The molecule has 0 saturated heterocycles. The van der Waals surface area contributed by atoms with Gasteiger partial charge in [0.25, 0.3) is 0 Å². The Balaban J connectivity index is 0.00000338. The van der Waals surface area contributed by atoms with Crippen LogP contribution in [0.25, 0.3) is 0 Å². The number of phosphoric acid groups is 2. The molecule has 22 heteroatoms. The first-order valence-corrected chi connectivity index (χ1v) is 16.9. The number of methoxy groups -OCH3 is 1. The van der Waals surface area contributed by atoms with Crippen molar-refractivity contribution in [3.05, 3.63) is 29.3 Å². The van der Waals surface area contributed by atoms with E-state index in [1.54, 1.807) is 13.8 Å². The van der Waals surface area contributed by atoms with Crippen LogP contribution in [0.15, 0.2) is 18.2 Å². The summed E-state index contributed by atoms with van der Waals surface area (Å²) in [7, 11) is -11.4. The maximum atomic E-state index is 13.1. The number of hydrogen-bond acceptors (Lipinski definition) is 19. The number of aryl methyl sites for hydroxylation is 1. The van der Waals surface area contributed by atoms with Crippen LogP contribution in [0.4, 0.5) is 0 Å². The number of aliphatic hydroxyl groups excluding tert-OH is 1. The fourth-order valence-corrected chi connectivity index (χ4v) is 5.71. The van der Waals surface area contributed by atoms with Gasteiger partial charge in [0.05, 0.1) is 29.7 Å². The molecule has 0 heterocycles. The molecule has 0 bridgehead atoms. The van der Waals surface area contributed by atoms with E-state index in [0.29, 0.717) is 11.1 Å². The molecule has 0 aliphatic heterocycles. The molecule has 1 saturated carbocycles. The molecule has 1 aliphatic rings. The fraction of sp³-hybridized carbons (Fsp3) is 0.667. The predicted octanol–water partition coefficient (Wildman–Crippen LogP) is -1.92. The van der Waals surface area contributed by atoms with Gasteiger partial charge in [-0.2, -0.15) is 0 Å². The summed E-state index contributed by atoms with van der Waals surface area (Å²) in [5.74, 6) is -1.82. The SMILES string of the molecule is CCC(=O)OCc1ccc(OP(=O)([O-])O[C@H]2[C@H](OCC(C)COC(C)=O)[C@@H](OP(=O)([O-])[O-])[C@H](O[O-])[C@@H](O)[C@H]2OC)c(C)c1.O=P[O-]. The second-order valence-electron chi connectivity index (χ2n) is 9.77. The largest absolute Gasteiger partial charge is 0.790 e. The minimum Gasteiger partial charge on any atom is -0.790 e. The molecule has 2 unspecified atom stereocenters. The number of carbonyl (C=O) groups is 2. The summed E-state index contributed by atoms with van der Waals surface area (Å²) < 4.78 is 68.5. The van der Waals surface area contributed by atoms with Crippen molar-refractivity contribution in [2.24, 2.45) is 5.92 Å². The topological polar surface area (TPSA) is 295 Å². The van der Waals surface area contributed by atoms with Crippen molar-refractivity contribution in [3.8, 4) is 5.75 Å².